The number of nitrogens with one attached hydrogen (secondary N) is 1. The van der Waals surface area contributed by atoms with E-state index in [1.165, 1.54) is 24.6 Å². The Labute approximate surface area is 231 Å². The number of ether oxygens (including phenoxy) is 1. The van der Waals surface area contributed by atoms with Crippen LogP contribution in [0.5, 0.6) is 11.5 Å². The third-order valence-corrected chi connectivity index (χ3v) is 8.29. The summed E-state index contributed by atoms with van der Waals surface area (Å²) in [5.41, 5.74) is 2.05. The van der Waals surface area contributed by atoms with Crippen molar-refractivity contribution in [3.63, 3.8) is 0 Å². The monoisotopic (exact) mass is 547 g/mol. The number of benzene rings is 1. The smallest absolute Gasteiger partial charge is 0.329 e. The van der Waals surface area contributed by atoms with Crippen LogP contribution in [0, 0.1) is 5.41 Å². The molecule has 1 saturated carbocycles. The second kappa shape index (κ2) is 10.2. The van der Waals surface area contributed by atoms with E-state index in [1.807, 2.05) is 6.07 Å². The average Bonchev–Trinajstić information content (AvgIpc) is 3.26. The van der Waals surface area contributed by atoms with E-state index in [-0.39, 0.29) is 18.8 Å². The van der Waals surface area contributed by atoms with Gasteiger partial charge >= 0.3 is 6.03 Å². The van der Waals surface area contributed by atoms with Gasteiger partial charge in [0.15, 0.2) is 0 Å². The Hall–Kier alpha value is -3.92. The number of halogens is 2. The van der Waals surface area contributed by atoms with E-state index in [1.54, 1.807) is 24.4 Å². The minimum atomic E-state index is -2.83. The largest absolute Gasteiger partial charge is 0.456 e. The molecule has 8 nitrogen and oxygen atoms in total. The van der Waals surface area contributed by atoms with Gasteiger partial charge in [-0.25, -0.2) is 18.6 Å². The summed E-state index contributed by atoms with van der Waals surface area (Å²) in [5.74, 6) is -1.50. The summed E-state index contributed by atoms with van der Waals surface area (Å²) in [6.45, 7) is 2.36. The highest BCUT2D eigenvalue weighted by Crippen LogP contribution is 2.57. The summed E-state index contributed by atoms with van der Waals surface area (Å²) in [5, 5.41) is 2.57. The van der Waals surface area contributed by atoms with E-state index in [0.29, 0.717) is 17.4 Å². The van der Waals surface area contributed by atoms with E-state index in [9.17, 15) is 18.4 Å². The van der Waals surface area contributed by atoms with Crippen LogP contribution in [-0.4, -0.2) is 64.3 Å². The number of anilines is 1. The van der Waals surface area contributed by atoms with Crippen molar-refractivity contribution in [2.75, 3.05) is 32.0 Å². The van der Waals surface area contributed by atoms with Crippen LogP contribution in [0.15, 0.2) is 60.9 Å². The van der Waals surface area contributed by atoms with E-state index in [4.69, 9.17) is 4.74 Å². The van der Waals surface area contributed by atoms with Crippen molar-refractivity contribution in [1.82, 2.24) is 19.8 Å². The number of carbonyl (C=O) groups is 2. The standard InChI is InChI=1S/C30H31F2N5O3/c1-36-13-9-21(10-14-36)20-2-4-22(5-3-20)25-16-23(8-12-33-25)40-24-6-7-26(34-17-24)35-28(39)37-15-11-29(27(37)38)18-30(31,32)19-29/h2-8,12,16-17,21H,9-11,13-15,18-19H2,1H3,(H,34,35,39). The Morgan fingerprint density at radius 3 is 2.42 bits per heavy atom. The Bertz CT molecular complexity index is 1400. The van der Waals surface area contributed by atoms with Crippen LogP contribution < -0.4 is 10.1 Å². The van der Waals surface area contributed by atoms with Crippen molar-refractivity contribution in [3.8, 4) is 22.8 Å². The molecule has 0 unspecified atom stereocenters. The summed E-state index contributed by atoms with van der Waals surface area (Å²) in [7, 11) is 2.17. The van der Waals surface area contributed by atoms with Crippen LogP contribution in [-0.2, 0) is 4.79 Å². The second-order valence-corrected chi connectivity index (χ2v) is 11.2. The number of imide groups is 1. The molecule has 3 fully saturated rings. The zero-order chi connectivity index (χ0) is 27.9. The first-order chi connectivity index (χ1) is 19.2. The van der Waals surface area contributed by atoms with Gasteiger partial charge in [0.1, 0.15) is 17.3 Å². The minimum Gasteiger partial charge on any atom is -0.456 e. The zero-order valence-corrected chi connectivity index (χ0v) is 22.3. The first kappa shape index (κ1) is 26.3. The maximum absolute atomic E-state index is 13.4. The lowest BCUT2D eigenvalue weighted by Gasteiger charge is -2.42. The van der Waals surface area contributed by atoms with Gasteiger partial charge in [0.25, 0.3) is 0 Å². The third-order valence-electron chi connectivity index (χ3n) is 8.29. The highest BCUT2D eigenvalue weighted by molar-refractivity contribution is 6.04. The summed E-state index contributed by atoms with van der Waals surface area (Å²) in [6, 6.07) is 14.7. The molecule has 1 aromatic carbocycles. The number of pyridine rings is 2. The fraction of sp³-hybridized carbons (Fsp3) is 0.400. The molecule has 1 spiro atoms. The fourth-order valence-electron chi connectivity index (χ4n) is 6.01. The van der Waals surface area contributed by atoms with Crippen molar-refractivity contribution < 1.29 is 23.1 Å². The Balaban J connectivity index is 1.06. The van der Waals surface area contributed by atoms with Crippen LogP contribution in [0.1, 0.15) is 43.6 Å². The molecular formula is C30H31F2N5O3. The number of nitrogens with zero attached hydrogens (tertiary/aromatic N) is 4. The predicted molar refractivity (Wildman–Crippen MR) is 145 cm³/mol. The molecule has 40 heavy (non-hydrogen) atoms. The highest BCUT2D eigenvalue weighted by atomic mass is 19.3. The molecule has 1 N–H and O–H groups in total. The number of hydrogen-bond acceptors (Lipinski definition) is 6. The van der Waals surface area contributed by atoms with Gasteiger partial charge < -0.3 is 9.64 Å². The number of amides is 3. The molecule has 0 bridgehead atoms. The number of aromatic nitrogens is 2. The molecule has 3 amide bonds. The molecule has 208 valence electrons. The molecule has 2 aliphatic heterocycles. The summed E-state index contributed by atoms with van der Waals surface area (Å²) in [4.78, 5) is 37.3. The number of piperidine rings is 1. The summed E-state index contributed by atoms with van der Waals surface area (Å²) >= 11 is 0. The van der Waals surface area contributed by atoms with Crippen LogP contribution >= 0.6 is 0 Å². The fourth-order valence-corrected chi connectivity index (χ4v) is 6.01. The number of hydrogen-bond donors (Lipinski definition) is 1. The first-order valence-corrected chi connectivity index (χ1v) is 13.6. The van der Waals surface area contributed by atoms with Crippen LogP contribution in [0.4, 0.5) is 19.4 Å². The summed E-state index contributed by atoms with van der Waals surface area (Å²) in [6.07, 6.45) is 4.77. The number of rotatable bonds is 5. The van der Waals surface area contributed by atoms with Crippen molar-refractivity contribution in [2.24, 2.45) is 5.41 Å². The number of urea groups is 1. The molecule has 4 heterocycles. The molecule has 10 heteroatoms. The van der Waals surface area contributed by atoms with Gasteiger partial charge in [-0.2, -0.15) is 0 Å². The van der Waals surface area contributed by atoms with Crippen molar-refractivity contribution in [2.45, 2.75) is 43.9 Å². The van der Waals surface area contributed by atoms with Gasteiger partial charge in [0.05, 0.1) is 17.3 Å². The molecule has 0 radical (unpaired) electrons. The number of alkyl halides is 2. The van der Waals surface area contributed by atoms with Crippen molar-refractivity contribution >= 4 is 17.8 Å². The van der Waals surface area contributed by atoms with Gasteiger partial charge in [-0.3, -0.25) is 20.0 Å². The van der Waals surface area contributed by atoms with Crippen LogP contribution in [0.25, 0.3) is 11.3 Å². The van der Waals surface area contributed by atoms with E-state index >= 15 is 0 Å². The number of carbonyl (C=O) groups excluding carboxylic acids is 2. The van der Waals surface area contributed by atoms with Crippen LogP contribution in [0.2, 0.25) is 0 Å². The lowest BCUT2D eigenvalue weighted by Crippen LogP contribution is -2.52. The topological polar surface area (TPSA) is 87.7 Å². The van der Waals surface area contributed by atoms with E-state index in [0.717, 1.165) is 29.2 Å². The van der Waals surface area contributed by atoms with Crippen molar-refractivity contribution in [3.05, 3.63) is 66.5 Å². The van der Waals surface area contributed by atoms with E-state index in [2.05, 4.69) is 51.5 Å². The van der Waals surface area contributed by atoms with Gasteiger partial charge in [-0.15, -0.1) is 0 Å². The minimum absolute atomic E-state index is 0.118. The molecule has 2 saturated heterocycles. The Kier molecular flexibility index (Phi) is 6.74. The SMILES string of the molecule is CN1CCC(c2ccc(-c3cc(Oc4ccc(NC(=O)N5CCC6(CC(F)(F)C6)C5=O)nc4)ccn3)cc2)CC1. The Morgan fingerprint density at radius 1 is 1.00 bits per heavy atom. The predicted octanol–water partition coefficient (Wildman–Crippen LogP) is 5.92. The third kappa shape index (κ3) is 5.28. The summed E-state index contributed by atoms with van der Waals surface area (Å²) < 4.78 is 32.7. The molecule has 3 aliphatic rings. The van der Waals surface area contributed by atoms with Crippen molar-refractivity contribution in [1.29, 1.82) is 0 Å². The molecule has 1 aliphatic carbocycles. The lowest BCUT2D eigenvalue weighted by atomic mass is 9.65. The molecule has 2 aromatic heterocycles. The maximum Gasteiger partial charge on any atom is 0.329 e. The van der Waals surface area contributed by atoms with E-state index < -0.39 is 36.1 Å². The molecule has 3 aromatic rings. The van der Waals surface area contributed by atoms with Gasteiger partial charge in [-0.1, -0.05) is 24.3 Å². The van der Waals surface area contributed by atoms with Crippen LogP contribution in [0.3, 0.4) is 0 Å². The lowest BCUT2D eigenvalue weighted by molar-refractivity contribution is -0.176. The molecule has 0 atom stereocenters. The molecular weight excluding hydrogens is 516 g/mol. The first-order valence-electron chi connectivity index (χ1n) is 13.6. The zero-order valence-electron chi connectivity index (χ0n) is 22.3. The van der Waals surface area contributed by atoms with Gasteiger partial charge in [-0.05, 0) is 69.1 Å². The Morgan fingerprint density at radius 2 is 1.75 bits per heavy atom. The second-order valence-electron chi connectivity index (χ2n) is 11.2. The number of likely N-dealkylation sites (tertiary alicyclic amines) is 2. The quantitative estimate of drug-likeness (QED) is 0.426. The van der Waals surface area contributed by atoms with Gasteiger partial charge in [0.2, 0.25) is 11.8 Å². The van der Waals surface area contributed by atoms with Gasteiger partial charge in [0, 0.05) is 37.2 Å². The molecule has 6 rings (SSSR count). The average molecular weight is 548 g/mol. The maximum atomic E-state index is 13.4. The normalized spacial score (nSPS) is 20.4. The highest BCUT2D eigenvalue weighted by Gasteiger charge is 2.64.